The number of hydrogen-bond donors (Lipinski definition) is 0. The predicted molar refractivity (Wildman–Crippen MR) is 102 cm³/mol. The van der Waals surface area contributed by atoms with Crippen molar-refractivity contribution in [2.45, 2.75) is 37.5 Å². The van der Waals surface area contributed by atoms with Crippen LogP contribution in [0.25, 0.3) is 11.4 Å². The number of rotatable bonds is 4. The van der Waals surface area contributed by atoms with Crippen LogP contribution in [0.15, 0.2) is 35.6 Å². The smallest absolute Gasteiger partial charge is 0.225 e. The number of sulfone groups is 1. The van der Waals surface area contributed by atoms with Crippen molar-refractivity contribution >= 4 is 15.7 Å². The molecule has 2 aromatic heterocycles. The Balaban J connectivity index is 1.92. The zero-order valence-corrected chi connectivity index (χ0v) is 16.6. The Labute approximate surface area is 159 Å². The molecule has 1 fully saturated rings. The maximum atomic E-state index is 12.3. The number of aromatic nitrogens is 3. The predicted octanol–water partition coefficient (Wildman–Crippen LogP) is 2.30. The van der Waals surface area contributed by atoms with E-state index in [0.29, 0.717) is 37.4 Å². The molecule has 3 heterocycles. The standard InChI is InChI=1S/C19H24N4O3S/c1-13(2)19(24)23-10-6-14(7-11-23)17-16(27(3,25)26)12-21-18(22-17)15-4-8-20-9-5-15/h4-5,8-9,12-14H,6-7,10-11H2,1-3H3. The summed E-state index contributed by atoms with van der Waals surface area (Å²) < 4.78 is 24.5. The Hall–Kier alpha value is -2.35. The van der Waals surface area contributed by atoms with Crippen molar-refractivity contribution in [3.8, 4) is 11.4 Å². The minimum absolute atomic E-state index is 0.0190. The molecule has 1 saturated heterocycles. The second kappa shape index (κ2) is 7.72. The number of likely N-dealkylation sites (tertiary alicyclic amines) is 1. The van der Waals surface area contributed by atoms with Crippen molar-refractivity contribution in [1.29, 1.82) is 0 Å². The fourth-order valence-electron chi connectivity index (χ4n) is 3.34. The van der Waals surface area contributed by atoms with E-state index in [-0.39, 0.29) is 22.6 Å². The van der Waals surface area contributed by atoms with Crippen LogP contribution in [0.1, 0.15) is 38.3 Å². The van der Waals surface area contributed by atoms with Gasteiger partial charge in [0.15, 0.2) is 15.7 Å². The first kappa shape index (κ1) is 19.4. The molecule has 0 unspecified atom stereocenters. The van der Waals surface area contributed by atoms with Crippen LogP contribution in [0.2, 0.25) is 0 Å². The lowest BCUT2D eigenvalue weighted by molar-refractivity contribution is -0.135. The first-order valence-corrected chi connectivity index (χ1v) is 10.9. The van der Waals surface area contributed by atoms with Gasteiger partial charge in [0.2, 0.25) is 5.91 Å². The fourth-order valence-corrected chi connectivity index (χ4v) is 4.18. The van der Waals surface area contributed by atoms with Crippen LogP contribution in [0.3, 0.4) is 0 Å². The van der Waals surface area contributed by atoms with Gasteiger partial charge in [-0.25, -0.2) is 18.4 Å². The van der Waals surface area contributed by atoms with Crippen molar-refractivity contribution in [2.24, 2.45) is 5.92 Å². The highest BCUT2D eigenvalue weighted by molar-refractivity contribution is 7.90. The van der Waals surface area contributed by atoms with E-state index < -0.39 is 9.84 Å². The number of piperidine rings is 1. The van der Waals surface area contributed by atoms with Gasteiger partial charge in [0.1, 0.15) is 4.90 Å². The third-order valence-electron chi connectivity index (χ3n) is 4.81. The van der Waals surface area contributed by atoms with Gasteiger partial charge in [-0.2, -0.15) is 0 Å². The molecule has 0 atom stereocenters. The lowest BCUT2D eigenvalue weighted by Gasteiger charge is -2.33. The van der Waals surface area contributed by atoms with E-state index >= 15 is 0 Å². The number of nitrogens with zero attached hydrogens (tertiary/aromatic N) is 4. The van der Waals surface area contributed by atoms with Gasteiger partial charge in [-0.05, 0) is 25.0 Å². The Bertz CT molecular complexity index is 921. The van der Waals surface area contributed by atoms with Crippen LogP contribution >= 0.6 is 0 Å². The molecule has 3 rings (SSSR count). The Morgan fingerprint density at radius 2 is 1.81 bits per heavy atom. The van der Waals surface area contributed by atoms with Gasteiger partial charge in [0.05, 0.1) is 5.69 Å². The topological polar surface area (TPSA) is 93.1 Å². The van der Waals surface area contributed by atoms with Crippen molar-refractivity contribution in [1.82, 2.24) is 19.9 Å². The molecule has 0 radical (unpaired) electrons. The molecule has 7 nitrogen and oxygen atoms in total. The van der Waals surface area contributed by atoms with E-state index in [0.717, 1.165) is 5.56 Å². The maximum Gasteiger partial charge on any atom is 0.225 e. The van der Waals surface area contributed by atoms with Crippen molar-refractivity contribution in [3.05, 3.63) is 36.4 Å². The monoisotopic (exact) mass is 388 g/mol. The van der Waals surface area contributed by atoms with Gasteiger partial charge >= 0.3 is 0 Å². The molecule has 0 aliphatic carbocycles. The summed E-state index contributed by atoms with van der Waals surface area (Å²) >= 11 is 0. The van der Waals surface area contributed by atoms with E-state index in [1.54, 1.807) is 24.5 Å². The molecular weight excluding hydrogens is 364 g/mol. The largest absolute Gasteiger partial charge is 0.342 e. The highest BCUT2D eigenvalue weighted by Gasteiger charge is 2.30. The van der Waals surface area contributed by atoms with E-state index in [2.05, 4.69) is 15.0 Å². The van der Waals surface area contributed by atoms with E-state index in [9.17, 15) is 13.2 Å². The summed E-state index contributed by atoms with van der Waals surface area (Å²) in [5.74, 6) is 0.567. The molecule has 0 bridgehead atoms. The Kier molecular flexibility index (Phi) is 5.55. The normalized spacial score (nSPS) is 15.9. The number of carbonyl (C=O) groups is 1. The van der Waals surface area contributed by atoms with Crippen LogP contribution in [0, 0.1) is 5.92 Å². The number of carbonyl (C=O) groups excluding carboxylic acids is 1. The molecule has 1 aliphatic rings. The maximum absolute atomic E-state index is 12.3. The lowest BCUT2D eigenvalue weighted by Crippen LogP contribution is -2.40. The highest BCUT2D eigenvalue weighted by Crippen LogP contribution is 2.32. The Morgan fingerprint density at radius 3 is 2.37 bits per heavy atom. The molecule has 0 spiro atoms. The first-order chi connectivity index (χ1) is 12.8. The van der Waals surface area contributed by atoms with Crippen LogP contribution in [-0.2, 0) is 14.6 Å². The van der Waals surface area contributed by atoms with Gasteiger partial charge < -0.3 is 4.90 Å². The summed E-state index contributed by atoms with van der Waals surface area (Å²) in [6.07, 6.45) is 7.26. The molecule has 0 N–H and O–H groups in total. The summed E-state index contributed by atoms with van der Waals surface area (Å²) in [5, 5.41) is 0. The highest BCUT2D eigenvalue weighted by atomic mass is 32.2. The zero-order chi connectivity index (χ0) is 19.6. The van der Waals surface area contributed by atoms with E-state index in [1.807, 2.05) is 18.7 Å². The van der Waals surface area contributed by atoms with Gasteiger partial charge in [0, 0.05) is 55.3 Å². The van der Waals surface area contributed by atoms with Gasteiger partial charge in [0.25, 0.3) is 0 Å². The zero-order valence-electron chi connectivity index (χ0n) is 15.8. The first-order valence-electron chi connectivity index (χ1n) is 9.03. The van der Waals surface area contributed by atoms with Crippen molar-refractivity contribution in [2.75, 3.05) is 19.3 Å². The molecule has 0 saturated carbocycles. The molecular formula is C19H24N4O3S. The average molecular weight is 388 g/mol. The van der Waals surface area contributed by atoms with Gasteiger partial charge in [-0.1, -0.05) is 13.8 Å². The van der Waals surface area contributed by atoms with E-state index in [4.69, 9.17) is 0 Å². The minimum Gasteiger partial charge on any atom is -0.342 e. The number of amides is 1. The summed E-state index contributed by atoms with van der Waals surface area (Å²) in [6, 6.07) is 3.59. The molecule has 8 heteroatoms. The molecule has 27 heavy (non-hydrogen) atoms. The summed E-state index contributed by atoms with van der Waals surface area (Å²) in [5.41, 5.74) is 1.34. The lowest BCUT2D eigenvalue weighted by atomic mass is 9.92. The number of pyridine rings is 1. The van der Waals surface area contributed by atoms with Gasteiger partial charge in [-0.15, -0.1) is 0 Å². The molecule has 144 valence electrons. The van der Waals surface area contributed by atoms with Crippen molar-refractivity contribution in [3.63, 3.8) is 0 Å². The average Bonchev–Trinajstić information content (AvgIpc) is 2.67. The van der Waals surface area contributed by atoms with Crippen LogP contribution in [0.5, 0.6) is 0 Å². The van der Waals surface area contributed by atoms with Gasteiger partial charge in [-0.3, -0.25) is 9.78 Å². The second-order valence-corrected chi connectivity index (χ2v) is 9.19. The molecule has 0 aromatic carbocycles. The summed E-state index contributed by atoms with van der Waals surface area (Å²) in [6.45, 7) is 5.00. The third kappa shape index (κ3) is 4.32. The number of hydrogen-bond acceptors (Lipinski definition) is 6. The summed E-state index contributed by atoms with van der Waals surface area (Å²) in [7, 11) is -3.44. The van der Waals surface area contributed by atoms with Crippen molar-refractivity contribution < 1.29 is 13.2 Å². The van der Waals surface area contributed by atoms with Crippen LogP contribution in [-0.4, -0.2) is 53.5 Å². The SMILES string of the molecule is CC(C)C(=O)N1CCC(c2nc(-c3ccncc3)ncc2S(C)(=O)=O)CC1. The molecule has 2 aromatic rings. The second-order valence-electron chi connectivity index (χ2n) is 7.21. The van der Waals surface area contributed by atoms with Crippen LogP contribution in [0.4, 0.5) is 0 Å². The molecule has 1 aliphatic heterocycles. The quantitative estimate of drug-likeness (QED) is 0.798. The van der Waals surface area contributed by atoms with E-state index in [1.165, 1.54) is 12.5 Å². The summed E-state index contributed by atoms with van der Waals surface area (Å²) in [4.78, 5) is 27.1. The third-order valence-corrected chi connectivity index (χ3v) is 5.92. The minimum atomic E-state index is -3.44. The fraction of sp³-hybridized carbons (Fsp3) is 0.474. The molecule has 1 amide bonds. The van der Waals surface area contributed by atoms with Crippen LogP contribution < -0.4 is 0 Å². The Morgan fingerprint density at radius 1 is 1.19 bits per heavy atom.